The summed E-state index contributed by atoms with van der Waals surface area (Å²) in [4.78, 5) is 12.2. The number of H-pyrrole nitrogens is 1. The number of ether oxygens (including phenoxy) is 1. The molecule has 2 N–H and O–H groups in total. The second-order valence-corrected chi connectivity index (χ2v) is 6.99. The maximum atomic E-state index is 8.85. The molecule has 2 aromatic heterocycles. The second kappa shape index (κ2) is 8.93. The lowest BCUT2D eigenvalue weighted by Crippen LogP contribution is -2.07. The minimum absolute atomic E-state index is 0.411. The fraction of sp³-hybridized carbons (Fsp3) is 0.217. The molecular weight excluding hydrogens is 376 g/mol. The molecule has 0 atom stereocenters. The van der Waals surface area contributed by atoms with Gasteiger partial charge in [0.2, 0.25) is 11.8 Å². The van der Waals surface area contributed by atoms with Crippen LogP contribution in [0, 0.1) is 43.4 Å². The number of anilines is 1. The van der Waals surface area contributed by atoms with Crippen LogP contribution in [-0.2, 0) is 0 Å². The Morgan fingerprint density at radius 1 is 1.20 bits per heavy atom. The zero-order valence-corrected chi connectivity index (χ0v) is 17.2. The fourth-order valence-electron chi connectivity index (χ4n) is 3.15. The number of nitriles is 2. The van der Waals surface area contributed by atoms with Crippen molar-refractivity contribution in [1.29, 1.82) is 10.5 Å². The van der Waals surface area contributed by atoms with E-state index >= 15 is 0 Å². The molecule has 3 aromatic rings. The van der Waals surface area contributed by atoms with Gasteiger partial charge in [-0.05, 0) is 67.7 Å². The molecule has 0 aliphatic rings. The number of hydrogen-bond acceptors (Lipinski definition) is 6. The molecule has 7 heteroatoms. The number of allylic oxidation sites excluding steroid dienone is 1. The van der Waals surface area contributed by atoms with E-state index in [2.05, 4.69) is 26.8 Å². The maximum Gasteiger partial charge on any atom is 0.233 e. The summed E-state index contributed by atoms with van der Waals surface area (Å²) in [7, 11) is 0. The number of fused-ring (bicyclic) bond motifs is 1. The Bertz CT molecular complexity index is 1200. The van der Waals surface area contributed by atoms with Gasteiger partial charge in [-0.2, -0.15) is 20.5 Å². The monoisotopic (exact) mass is 398 g/mol. The van der Waals surface area contributed by atoms with Crippen molar-refractivity contribution in [2.24, 2.45) is 0 Å². The summed E-state index contributed by atoms with van der Waals surface area (Å²) >= 11 is 0. The molecule has 0 aliphatic heterocycles. The average Bonchev–Trinajstić information content (AvgIpc) is 3.09. The minimum Gasteiger partial charge on any atom is -0.438 e. The van der Waals surface area contributed by atoms with Crippen LogP contribution >= 0.6 is 0 Å². The first kappa shape index (κ1) is 20.6. The zero-order valence-electron chi connectivity index (χ0n) is 17.2. The van der Waals surface area contributed by atoms with Gasteiger partial charge in [0.25, 0.3) is 0 Å². The largest absolute Gasteiger partial charge is 0.438 e. The van der Waals surface area contributed by atoms with Crippen molar-refractivity contribution >= 4 is 23.1 Å². The minimum atomic E-state index is 0.411. The SMILES string of the molecule is C=C(C#N)CCNc1nc(Oc2c(C)cc(/C=C/C#N)cc2C)c2c(C)c[nH]c2n1. The van der Waals surface area contributed by atoms with E-state index in [4.69, 9.17) is 15.3 Å². The molecular formula is C23H22N6O. The molecule has 3 rings (SSSR count). The molecule has 0 radical (unpaired) electrons. The third kappa shape index (κ3) is 4.48. The lowest BCUT2D eigenvalue weighted by atomic mass is 10.1. The van der Waals surface area contributed by atoms with Gasteiger partial charge in [-0.25, -0.2) is 0 Å². The average molecular weight is 398 g/mol. The van der Waals surface area contributed by atoms with Gasteiger partial charge in [-0.1, -0.05) is 6.58 Å². The van der Waals surface area contributed by atoms with E-state index in [0.717, 1.165) is 27.6 Å². The van der Waals surface area contributed by atoms with Crippen molar-refractivity contribution in [2.75, 3.05) is 11.9 Å². The Labute approximate surface area is 175 Å². The number of aromatic amines is 1. The van der Waals surface area contributed by atoms with E-state index in [9.17, 15) is 0 Å². The van der Waals surface area contributed by atoms with Gasteiger partial charge in [0.15, 0.2) is 0 Å². The van der Waals surface area contributed by atoms with Crippen LogP contribution in [0.1, 0.15) is 28.7 Å². The van der Waals surface area contributed by atoms with Gasteiger partial charge in [-0.15, -0.1) is 0 Å². The summed E-state index contributed by atoms with van der Waals surface area (Å²) in [6.07, 6.45) is 5.58. The van der Waals surface area contributed by atoms with E-state index in [-0.39, 0.29) is 0 Å². The van der Waals surface area contributed by atoms with E-state index < -0.39 is 0 Å². The van der Waals surface area contributed by atoms with E-state index in [1.165, 1.54) is 6.08 Å². The molecule has 0 unspecified atom stereocenters. The van der Waals surface area contributed by atoms with Gasteiger partial charge in [-0.3, -0.25) is 0 Å². The number of aromatic nitrogens is 3. The van der Waals surface area contributed by atoms with Crippen LogP contribution in [0.2, 0.25) is 0 Å². The third-order valence-electron chi connectivity index (χ3n) is 4.60. The third-order valence-corrected chi connectivity index (χ3v) is 4.60. The number of benzene rings is 1. The molecule has 7 nitrogen and oxygen atoms in total. The normalized spacial score (nSPS) is 10.7. The van der Waals surface area contributed by atoms with Crippen LogP contribution in [0.25, 0.3) is 17.1 Å². The van der Waals surface area contributed by atoms with Crippen LogP contribution in [0.15, 0.2) is 36.6 Å². The first-order valence-electron chi connectivity index (χ1n) is 9.45. The molecule has 150 valence electrons. The first-order valence-corrected chi connectivity index (χ1v) is 9.45. The van der Waals surface area contributed by atoms with Gasteiger partial charge in [0, 0.05) is 24.4 Å². The highest BCUT2D eigenvalue weighted by Gasteiger charge is 2.16. The quantitative estimate of drug-likeness (QED) is 0.536. The van der Waals surface area contributed by atoms with E-state index in [1.807, 2.05) is 51.2 Å². The van der Waals surface area contributed by atoms with Crippen LogP contribution < -0.4 is 10.1 Å². The predicted octanol–water partition coefficient (Wildman–Crippen LogP) is 5.09. The van der Waals surface area contributed by atoms with Crippen LogP contribution in [-0.4, -0.2) is 21.5 Å². The zero-order chi connectivity index (χ0) is 21.7. The number of nitrogens with one attached hydrogen (secondary N) is 2. The highest BCUT2D eigenvalue weighted by Crippen LogP contribution is 2.34. The fourth-order valence-corrected chi connectivity index (χ4v) is 3.15. The molecule has 2 heterocycles. The van der Waals surface area contributed by atoms with Crippen molar-refractivity contribution < 1.29 is 4.74 Å². The van der Waals surface area contributed by atoms with Gasteiger partial charge in [0.1, 0.15) is 11.4 Å². The molecule has 0 amide bonds. The van der Waals surface area contributed by atoms with E-state index in [0.29, 0.717) is 41.8 Å². The topological polar surface area (TPSA) is 110 Å². The number of hydrogen-bond donors (Lipinski definition) is 2. The van der Waals surface area contributed by atoms with Gasteiger partial charge in [0.05, 0.1) is 17.5 Å². The van der Waals surface area contributed by atoms with Crippen molar-refractivity contribution in [1.82, 2.24) is 15.0 Å². The standard InChI is InChI=1S/C23H22N6O/c1-14(12-25)7-9-26-23-28-21-19(17(4)13-27-21)22(29-23)30-20-15(2)10-18(6-5-8-24)11-16(20)3/h5-6,10-11,13H,1,7,9H2,2-4H3,(H2,26,27,28,29)/b6-5+. The first-order chi connectivity index (χ1) is 14.4. The van der Waals surface area contributed by atoms with Crippen LogP contribution in [0.3, 0.4) is 0 Å². The van der Waals surface area contributed by atoms with E-state index in [1.54, 1.807) is 6.08 Å². The summed E-state index contributed by atoms with van der Waals surface area (Å²) in [5.41, 5.74) is 4.95. The summed E-state index contributed by atoms with van der Waals surface area (Å²) in [5, 5.41) is 21.5. The highest BCUT2D eigenvalue weighted by atomic mass is 16.5. The lowest BCUT2D eigenvalue weighted by Gasteiger charge is -2.14. The van der Waals surface area contributed by atoms with Crippen LogP contribution in [0.5, 0.6) is 11.6 Å². The number of aryl methyl sites for hydroxylation is 3. The Morgan fingerprint density at radius 2 is 1.93 bits per heavy atom. The van der Waals surface area contributed by atoms with Crippen molar-refractivity contribution in [3.63, 3.8) is 0 Å². The molecule has 30 heavy (non-hydrogen) atoms. The lowest BCUT2D eigenvalue weighted by molar-refractivity contribution is 0.461. The van der Waals surface area contributed by atoms with Crippen LogP contribution in [0.4, 0.5) is 5.95 Å². The molecule has 1 aromatic carbocycles. The maximum absolute atomic E-state index is 8.85. The summed E-state index contributed by atoms with van der Waals surface area (Å²) in [6.45, 7) is 10.1. The molecule has 0 spiro atoms. The second-order valence-electron chi connectivity index (χ2n) is 6.99. The number of nitrogens with zero attached hydrogens (tertiary/aromatic N) is 4. The van der Waals surface area contributed by atoms with Crippen molar-refractivity contribution in [2.45, 2.75) is 27.2 Å². The Kier molecular flexibility index (Phi) is 6.14. The van der Waals surface area contributed by atoms with Crippen molar-refractivity contribution in [3.05, 3.63) is 58.8 Å². The Balaban J connectivity index is 1.96. The molecule has 0 saturated carbocycles. The highest BCUT2D eigenvalue weighted by molar-refractivity contribution is 5.86. The van der Waals surface area contributed by atoms with Gasteiger partial charge >= 0.3 is 0 Å². The molecule has 0 bridgehead atoms. The summed E-state index contributed by atoms with van der Waals surface area (Å²) in [6, 6.07) is 7.96. The molecule has 0 aliphatic carbocycles. The Hall–Kier alpha value is -4.10. The molecule has 0 saturated heterocycles. The smallest absolute Gasteiger partial charge is 0.233 e. The molecule has 0 fully saturated rings. The van der Waals surface area contributed by atoms with Gasteiger partial charge < -0.3 is 15.0 Å². The Morgan fingerprint density at radius 3 is 2.60 bits per heavy atom. The summed E-state index contributed by atoms with van der Waals surface area (Å²) < 4.78 is 6.27. The number of rotatable bonds is 7. The summed E-state index contributed by atoms with van der Waals surface area (Å²) in [5.74, 6) is 1.58. The predicted molar refractivity (Wildman–Crippen MR) is 117 cm³/mol. The van der Waals surface area contributed by atoms with Crippen molar-refractivity contribution in [3.8, 4) is 23.8 Å².